The minimum absolute atomic E-state index is 0.0709. The van der Waals surface area contributed by atoms with Crippen molar-refractivity contribution in [2.24, 2.45) is 5.41 Å². The molecule has 0 aliphatic carbocycles. The van der Waals surface area contributed by atoms with Crippen molar-refractivity contribution < 1.29 is 18.8 Å². The van der Waals surface area contributed by atoms with Gasteiger partial charge in [-0.25, -0.2) is 0 Å². The quantitative estimate of drug-likeness (QED) is 0.793. The Hall–Kier alpha value is -2.00. The fourth-order valence-corrected chi connectivity index (χ4v) is 4.61. The lowest BCUT2D eigenvalue weighted by atomic mass is 9.72. The van der Waals surface area contributed by atoms with Gasteiger partial charge in [-0.05, 0) is 50.6 Å². The number of piperidine rings is 2. The lowest BCUT2D eigenvalue weighted by Gasteiger charge is -2.47. The molecule has 0 aromatic carbocycles. The molecule has 1 atom stereocenters. The Labute approximate surface area is 164 Å². The average molecular weight is 391 g/mol. The molecule has 1 aromatic heterocycles. The van der Waals surface area contributed by atoms with Crippen molar-refractivity contribution in [1.29, 1.82) is 0 Å². The van der Waals surface area contributed by atoms with Crippen LogP contribution in [0.5, 0.6) is 0 Å². The van der Waals surface area contributed by atoms with E-state index in [4.69, 9.17) is 9.26 Å². The summed E-state index contributed by atoms with van der Waals surface area (Å²) in [6, 6.07) is 0. The van der Waals surface area contributed by atoms with Crippen molar-refractivity contribution in [3.8, 4) is 0 Å². The van der Waals surface area contributed by atoms with Crippen LogP contribution in [0.4, 0.5) is 0 Å². The lowest BCUT2D eigenvalue weighted by Crippen LogP contribution is -2.52. The van der Waals surface area contributed by atoms with Gasteiger partial charge in [0.05, 0.1) is 12.6 Å². The van der Waals surface area contributed by atoms with E-state index in [1.807, 2.05) is 4.90 Å². The second-order valence-corrected chi connectivity index (χ2v) is 8.28. The Morgan fingerprint density at radius 3 is 2.86 bits per heavy atom. The highest BCUT2D eigenvalue weighted by atomic mass is 16.5. The van der Waals surface area contributed by atoms with Gasteiger partial charge in [0.2, 0.25) is 11.8 Å². The van der Waals surface area contributed by atoms with E-state index in [9.17, 15) is 9.59 Å². The second kappa shape index (κ2) is 8.16. The number of aromatic nitrogens is 2. The number of nitrogens with one attached hydrogen (secondary N) is 1. The smallest absolute Gasteiger partial charge is 0.292 e. The summed E-state index contributed by atoms with van der Waals surface area (Å²) in [6.45, 7) is 4.83. The third kappa shape index (κ3) is 4.20. The summed E-state index contributed by atoms with van der Waals surface area (Å²) in [7, 11) is 1.54. The van der Waals surface area contributed by atoms with E-state index < -0.39 is 0 Å². The van der Waals surface area contributed by atoms with Gasteiger partial charge in [0.15, 0.2) is 0 Å². The molecule has 3 fully saturated rings. The molecule has 154 valence electrons. The third-order valence-electron chi connectivity index (χ3n) is 6.37. The topological polar surface area (TPSA) is 101 Å². The maximum atomic E-state index is 12.4. The molecule has 2 amide bonds. The highest BCUT2D eigenvalue weighted by Crippen LogP contribution is 2.40. The van der Waals surface area contributed by atoms with Gasteiger partial charge < -0.3 is 19.5 Å². The summed E-state index contributed by atoms with van der Waals surface area (Å²) in [6.07, 6.45) is 6.11. The van der Waals surface area contributed by atoms with Crippen LogP contribution in [0, 0.1) is 5.41 Å². The highest BCUT2D eigenvalue weighted by molar-refractivity contribution is 5.89. The molecule has 4 rings (SSSR count). The molecule has 0 saturated carbocycles. The second-order valence-electron chi connectivity index (χ2n) is 8.28. The van der Waals surface area contributed by atoms with Gasteiger partial charge in [0, 0.05) is 33.2 Å². The molecule has 3 saturated heterocycles. The molecule has 4 heterocycles. The lowest BCUT2D eigenvalue weighted by molar-refractivity contribution is -0.141. The summed E-state index contributed by atoms with van der Waals surface area (Å²) in [4.78, 5) is 32.4. The number of carbonyl (C=O) groups is 2. The first kappa shape index (κ1) is 19.3. The number of hydrogen-bond acceptors (Lipinski definition) is 7. The summed E-state index contributed by atoms with van der Waals surface area (Å²) < 4.78 is 10.9. The van der Waals surface area contributed by atoms with Gasteiger partial charge >= 0.3 is 0 Å². The number of hydrogen-bond donors (Lipinski definition) is 1. The Morgan fingerprint density at radius 2 is 2.14 bits per heavy atom. The van der Waals surface area contributed by atoms with Crippen LogP contribution in [0.3, 0.4) is 0 Å². The zero-order valence-electron chi connectivity index (χ0n) is 16.5. The number of nitrogens with zero attached hydrogens (tertiary/aromatic N) is 4. The van der Waals surface area contributed by atoms with Crippen molar-refractivity contribution in [3.05, 3.63) is 11.7 Å². The number of likely N-dealkylation sites (tertiary alicyclic amines) is 2. The van der Waals surface area contributed by atoms with Gasteiger partial charge in [-0.1, -0.05) is 5.16 Å². The van der Waals surface area contributed by atoms with Gasteiger partial charge in [-0.3, -0.25) is 14.5 Å². The van der Waals surface area contributed by atoms with Crippen molar-refractivity contribution >= 4 is 11.8 Å². The third-order valence-corrected chi connectivity index (χ3v) is 6.37. The van der Waals surface area contributed by atoms with Crippen LogP contribution in [0.1, 0.15) is 55.0 Å². The van der Waals surface area contributed by atoms with Crippen LogP contribution < -0.4 is 5.32 Å². The number of amides is 2. The van der Waals surface area contributed by atoms with E-state index in [-0.39, 0.29) is 29.2 Å². The molecule has 3 aliphatic heterocycles. The zero-order valence-corrected chi connectivity index (χ0v) is 16.5. The maximum Gasteiger partial charge on any atom is 0.292 e. The normalized spacial score (nSPS) is 25.4. The molecule has 0 radical (unpaired) electrons. The highest BCUT2D eigenvalue weighted by Gasteiger charge is 2.41. The standard InChI is InChI=1S/C19H29N5O4/c1-20-18(26)17-21-15(28-22-17)12-23-8-6-19(7-9-23)5-4-16(25)24(13-19)11-14-3-2-10-27-14/h14H,2-13H2,1H3,(H,20,26)/t14-/m1/s1. The van der Waals surface area contributed by atoms with E-state index in [1.165, 1.54) is 0 Å². The van der Waals surface area contributed by atoms with E-state index in [1.54, 1.807) is 7.05 Å². The molecule has 1 aromatic rings. The van der Waals surface area contributed by atoms with E-state index in [0.29, 0.717) is 18.9 Å². The minimum Gasteiger partial charge on any atom is -0.376 e. The summed E-state index contributed by atoms with van der Waals surface area (Å²) in [5.74, 6) is 0.469. The van der Waals surface area contributed by atoms with Crippen LogP contribution in [-0.2, 0) is 16.1 Å². The molecule has 0 unspecified atom stereocenters. The zero-order chi connectivity index (χ0) is 19.6. The van der Waals surface area contributed by atoms with Crippen LogP contribution in [-0.4, -0.2) is 77.7 Å². The molecule has 1 spiro atoms. The molecule has 3 aliphatic rings. The molecule has 9 heteroatoms. The minimum atomic E-state index is -0.342. The van der Waals surface area contributed by atoms with E-state index in [0.717, 1.165) is 64.9 Å². The fourth-order valence-electron chi connectivity index (χ4n) is 4.61. The predicted octanol–water partition coefficient (Wildman–Crippen LogP) is 0.813. The van der Waals surface area contributed by atoms with Crippen LogP contribution in [0.25, 0.3) is 0 Å². The summed E-state index contributed by atoms with van der Waals surface area (Å²) in [5, 5.41) is 6.21. The monoisotopic (exact) mass is 391 g/mol. The first-order valence-corrected chi connectivity index (χ1v) is 10.2. The van der Waals surface area contributed by atoms with E-state index in [2.05, 4.69) is 20.4 Å². The largest absolute Gasteiger partial charge is 0.376 e. The first-order chi connectivity index (χ1) is 13.6. The van der Waals surface area contributed by atoms with Crippen molar-refractivity contribution in [2.45, 2.75) is 51.2 Å². The number of carbonyl (C=O) groups excluding carboxylic acids is 2. The molecular formula is C19H29N5O4. The summed E-state index contributed by atoms with van der Waals surface area (Å²) in [5.41, 5.74) is 0.213. The molecule has 9 nitrogen and oxygen atoms in total. The Kier molecular flexibility index (Phi) is 5.63. The Morgan fingerprint density at radius 1 is 1.32 bits per heavy atom. The average Bonchev–Trinajstić information content (AvgIpc) is 3.38. The van der Waals surface area contributed by atoms with Gasteiger partial charge in [-0.2, -0.15) is 4.98 Å². The molecule has 1 N–H and O–H groups in total. The van der Waals surface area contributed by atoms with Crippen molar-refractivity contribution in [2.75, 3.05) is 39.8 Å². The summed E-state index contributed by atoms with van der Waals surface area (Å²) >= 11 is 0. The van der Waals surface area contributed by atoms with Crippen LogP contribution in [0.2, 0.25) is 0 Å². The van der Waals surface area contributed by atoms with Crippen molar-refractivity contribution in [3.63, 3.8) is 0 Å². The fraction of sp³-hybridized carbons (Fsp3) is 0.789. The van der Waals surface area contributed by atoms with E-state index >= 15 is 0 Å². The van der Waals surface area contributed by atoms with Crippen LogP contribution >= 0.6 is 0 Å². The van der Waals surface area contributed by atoms with Crippen LogP contribution in [0.15, 0.2) is 4.52 Å². The molecular weight excluding hydrogens is 362 g/mol. The van der Waals surface area contributed by atoms with Gasteiger partial charge in [0.25, 0.3) is 11.7 Å². The predicted molar refractivity (Wildman–Crippen MR) is 99.4 cm³/mol. The SMILES string of the molecule is CNC(=O)c1noc(CN2CCC3(CCC(=O)N(C[C@H]4CCCO4)C3)CC2)n1. The first-order valence-electron chi connectivity index (χ1n) is 10.2. The Bertz CT molecular complexity index is 707. The van der Waals surface area contributed by atoms with Crippen molar-refractivity contribution in [1.82, 2.24) is 25.3 Å². The number of ether oxygens (including phenoxy) is 1. The Balaban J connectivity index is 1.30. The number of rotatable bonds is 5. The van der Waals surface area contributed by atoms with Gasteiger partial charge in [-0.15, -0.1) is 0 Å². The van der Waals surface area contributed by atoms with Gasteiger partial charge in [0.1, 0.15) is 0 Å². The maximum absolute atomic E-state index is 12.4. The molecule has 0 bridgehead atoms. The molecule has 28 heavy (non-hydrogen) atoms.